The Labute approximate surface area is 135 Å². The molecule has 0 aromatic rings. The van der Waals surface area contributed by atoms with Gasteiger partial charge in [-0.05, 0) is 65.9 Å². The number of hydrogen-bond acceptors (Lipinski definition) is 1. The van der Waals surface area contributed by atoms with Crippen LogP contribution in [0.15, 0.2) is 58.7 Å². The van der Waals surface area contributed by atoms with E-state index < -0.39 is 5.97 Å². The van der Waals surface area contributed by atoms with Gasteiger partial charge in [-0.1, -0.05) is 47.1 Å². The summed E-state index contributed by atoms with van der Waals surface area (Å²) in [5.41, 5.74) is 4.87. The molecular weight excluding hydrogens is 272 g/mol. The molecule has 0 heterocycles. The van der Waals surface area contributed by atoms with Gasteiger partial charge in [0.05, 0.1) is 0 Å². The lowest BCUT2D eigenvalue weighted by Crippen LogP contribution is -1.87. The highest BCUT2D eigenvalue weighted by atomic mass is 16.4. The summed E-state index contributed by atoms with van der Waals surface area (Å²) in [5, 5.41) is 8.62. The first-order valence-corrected chi connectivity index (χ1v) is 7.85. The standard InChI is InChI=1S/C20H30O2/c1-16(2)9-6-10-17(3)11-7-12-18(4)13-8-14-19(5)15-20(21)22/h8-9,11,13-15H,6-7,10,12H2,1-5H3,(H,21,22)/b14-8+,17-11?,18-13+,19-15+. The Morgan fingerprint density at radius 1 is 0.909 bits per heavy atom. The van der Waals surface area contributed by atoms with Crippen LogP contribution >= 0.6 is 0 Å². The lowest BCUT2D eigenvalue weighted by Gasteiger charge is -2.00. The number of carbonyl (C=O) groups is 1. The Morgan fingerprint density at radius 2 is 1.50 bits per heavy atom. The van der Waals surface area contributed by atoms with E-state index in [-0.39, 0.29) is 0 Å². The summed E-state index contributed by atoms with van der Waals surface area (Å²) >= 11 is 0. The van der Waals surface area contributed by atoms with Crippen LogP contribution in [0, 0.1) is 0 Å². The molecule has 0 unspecified atom stereocenters. The zero-order valence-corrected chi connectivity index (χ0v) is 14.6. The Bertz CT molecular complexity index is 496. The molecular formula is C20H30O2. The quantitative estimate of drug-likeness (QED) is 0.322. The van der Waals surface area contributed by atoms with Crippen LogP contribution < -0.4 is 0 Å². The maximum absolute atomic E-state index is 10.5. The molecule has 0 rings (SSSR count). The van der Waals surface area contributed by atoms with E-state index in [9.17, 15) is 4.79 Å². The molecule has 22 heavy (non-hydrogen) atoms. The van der Waals surface area contributed by atoms with Gasteiger partial charge in [0.1, 0.15) is 0 Å². The monoisotopic (exact) mass is 302 g/mol. The van der Waals surface area contributed by atoms with Gasteiger partial charge in [0.15, 0.2) is 0 Å². The van der Waals surface area contributed by atoms with Gasteiger partial charge in [0.2, 0.25) is 0 Å². The molecule has 0 spiro atoms. The molecule has 0 aliphatic rings. The molecule has 0 aromatic carbocycles. The third-order valence-corrected chi connectivity index (χ3v) is 3.21. The SMILES string of the molecule is CC(C)=CCCC(C)=CCC/C(C)=C/C=C/C(C)=C/C(=O)O. The molecule has 2 heteroatoms. The second kappa shape index (κ2) is 11.8. The molecule has 0 bridgehead atoms. The fourth-order valence-electron chi connectivity index (χ4n) is 1.93. The summed E-state index contributed by atoms with van der Waals surface area (Å²) in [6, 6.07) is 0. The largest absolute Gasteiger partial charge is 0.478 e. The van der Waals surface area contributed by atoms with Gasteiger partial charge < -0.3 is 5.11 Å². The minimum atomic E-state index is -0.906. The maximum atomic E-state index is 10.5. The average molecular weight is 302 g/mol. The highest BCUT2D eigenvalue weighted by Gasteiger charge is 1.92. The van der Waals surface area contributed by atoms with Gasteiger partial charge in [-0.25, -0.2) is 4.79 Å². The van der Waals surface area contributed by atoms with Gasteiger partial charge in [-0.3, -0.25) is 0 Å². The molecule has 0 amide bonds. The third kappa shape index (κ3) is 13.2. The Balaban J connectivity index is 4.19. The summed E-state index contributed by atoms with van der Waals surface area (Å²) in [4.78, 5) is 10.5. The number of allylic oxidation sites excluding steroid dienone is 9. The second-order valence-corrected chi connectivity index (χ2v) is 6.01. The van der Waals surface area contributed by atoms with Crippen molar-refractivity contribution in [2.24, 2.45) is 0 Å². The van der Waals surface area contributed by atoms with Crippen LogP contribution in [0.5, 0.6) is 0 Å². The lowest BCUT2D eigenvalue weighted by atomic mass is 10.1. The van der Waals surface area contributed by atoms with Crippen molar-refractivity contribution in [3.63, 3.8) is 0 Å². The number of hydrogen-bond donors (Lipinski definition) is 1. The van der Waals surface area contributed by atoms with E-state index in [2.05, 4.69) is 39.8 Å². The summed E-state index contributed by atoms with van der Waals surface area (Å²) < 4.78 is 0. The van der Waals surface area contributed by atoms with Crippen molar-refractivity contribution in [2.45, 2.75) is 60.3 Å². The minimum absolute atomic E-state index is 0.742. The zero-order chi connectivity index (χ0) is 17.0. The summed E-state index contributed by atoms with van der Waals surface area (Å²) in [6.45, 7) is 10.3. The molecule has 0 saturated carbocycles. The molecule has 1 N–H and O–H groups in total. The molecule has 0 aromatic heterocycles. The summed E-state index contributed by atoms with van der Waals surface area (Å²) in [5.74, 6) is -0.906. The van der Waals surface area contributed by atoms with E-state index in [4.69, 9.17) is 5.11 Å². The van der Waals surface area contributed by atoms with Crippen molar-refractivity contribution in [1.29, 1.82) is 0 Å². The minimum Gasteiger partial charge on any atom is -0.478 e. The van der Waals surface area contributed by atoms with Crippen LogP contribution in [0.2, 0.25) is 0 Å². The Kier molecular flexibility index (Phi) is 10.8. The van der Waals surface area contributed by atoms with Crippen LogP contribution in [0.25, 0.3) is 0 Å². The number of carboxylic acid groups (broad SMARTS) is 1. The maximum Gasteiger partial charge on any atom is 0.328 e. The van der Waals surface area contributed by atoms with E-state index in [0.29, 0.717) is 0 Å². The molecule has 0 atom stereocenters. The van der Waals surface area contributed by atoms with Gasteiger partial charge in [0, 0.05) is 6.08 Å². The smallest absolute Gasteiger partial charge is 0.328 e. The number of aliphatic carboxylic acids is 1. The van der Waals surface area contributed by atoms with Crippen LogP contribution in [-0.2, 0) is 4.79 Å². The highest BCUT2D eigenvalue weighted by Crippen LogP contribution is 2.11. The second-order valence-electron chi connectivity index (χ2n) is 6.01. The molecule has 0 aliphatic heterocycles. The predicted molar refractivity (Wildman–Crippen MR) is 95.9 cm³/mol. The van der Waals surface area contributed by atoms with Gasteiger partial charge in [-0.15, -0.1) is 0 Å². The number of carboxylic acids is 1. The topological polar surface area (TPSA) is 37.3 Å². The van der Waals surface area contributed by atoms with Crippen molar-refractivity contribution in [3.05, 3.63) is 58.7 Å². The highest BCUT2D eigenvalue weighted by molar-refractivity contribution is 5.81. The summed E-state index contributed by atoms with van der Waals surface area (Å²) in [7, 11) is 0. The van der Waals surface area contributed by atoms with Gasteiger partial charge in [0.25, 0.3) is 0 Å². The first-order chi connectivity index (χ1) is 10.3. The Morgan fingerprint density at radius 3 is 2.09 bits per heavy atom. The predicted octanol–water partition coefficient (Wildman–Crippen LogP) is 5.99. The normalized spacial score (nSPS) is 13.6. The average Bonchev–Trinajstić information content (AvgIpc) is 2.37. The van der Waals surface area contributed by atoms with E-state index in [0.717, 1.165) is 31.3 Å². The zero-order valence-electron chi connectivity index (χ0n) is 14.6. The molecule has 0 aliphatic carbocycles. The van der Waals surface area contributed by atoms with Crippen LogP contribution in [-0.4, -0.2) is 11.1 Å². The van der Waals surface area contributed by atoms with Gasteiger partial charge in [-0.2, -0.15) is 0 Å². The molecule has 0 radical (unpaired) electrons. The van der Waals surface area contributed by atoms with Crippen molar-refractivity contribution >= 4 is 5.97 Å². The first kappa shape index (κ1) is 20.2. The molecule has 0 fully saturated rings. The third-order valence-electron chi connectivity index (χ3n) is 3.21. The fourth-order valence-corrected chi connectivity index (χ4v) is 1.93. The van der Waals surface area contributed by atoms with Crippen LogP contribution in [0.3, 0.4) is 0 Å². The van der Waals surface area contributed by atoms with E-state index in [1.807, 2.05) is 18.2 Å². The van der Waals surface area contributed by atoms with Crippen LogP contribution in [0.1, 0.15) is 60.3 Å². The van der Waals surface area contributed by atoms with E-state index in [1.165, 1.54) is 22.8 Å². The molecule has 0 saturated heterocycles. The lowest BCUT2D eigenvalue weighted by molar-refractivity contribution is -0.131. The molecule has 2 nitrogen and oxygen atoms in total. The first-order valence-electron chi connectivity index (χ1n) is 7.85. The number of rotatable bonds is 9. The Hall–Kier alpha value is -1.83. The van der Waals surface area contributed by atoms with Crippen molar-refractivity contribution < 1.29 is 9.90 Å². The van der Waals surface area contributed by atoms with Crippen molar-refractivity contribution in [1.82, 2.24) is 0 Å². The molecule has 122 valence electrons. The fraction of sp³-hybridized carbons (Fsp3) is 0.450. The van der Waals surface area contributed by atoms with Crippen molar-refractivity contribution in [3.8, 4) is 0 Å². The summed E-state index contributed by atoms with van der Waals surface area (Å²) in [6.07, 6.45) is 15.9. The van der Waals surface area contributed by atoms with Crippen molar-refractivity contribution in [2.75, 3.05) is 0 Å². The van der Waals surface area contributed by atoms with Crippen LogP contribution in [0.4, 0.5) is 0 Å². The van der Waals surface area contributed by atoms with Gasteiger partial charge >= 0.3 is 5.97 Å². The van der Waals surface area contributed by atoms with E-state index in [1.54, 1.807) is 6.92 Å². The van der Waals surface area contributed by atoms with E-state index >= 15 is 0 Å².